The predicted octanol–water partition coefficient (Wildman–Crippen LogP) is 3.82. The monoisotopic (exact) mass is 351 g/mol. The van der Waals surface area contributed by atoms with E-state index in [2.05, 4.69) is 15.6 Å². The van der Waals surface area contributed by atoms with Crippen molar-refractivity contribution in [2.45, 2.75) is 30.8 Å². The van der Waals surface area contributed by atoms with Gasteiger partial charge in [0.05, 0.1) is 6.42 Å². The van der Waals surface area contributed by atoms with E-state index in [9.17, 15) is 17.6 Å². The molecule has 0 unspecified atom stereocenters. The van der Waals surface area contributed by atoms with Crippen molar-refractivity contribution in [3.63, 3.8) is 0 Å². The first-order chi connectivity index (χ1) is 10.9. The molecule has 0 saturated carbocycles. The van der Waals surface area contributed by atoms with E-state index in [-0.39, 0.29) is 12.4 Å². The molecular weight excluding hydrogens is 330 g/mol. The average Bonchev–Trinajstić information content (AvgIpc) is 2.47. The third-order valence-electron chi connectivity index (χ3n) is 2.70. The van der Waals surface area contributed by atoms with Crippen LogP contribution in [0, 0.1) is 5.82 Å². The van der Waals surface area contributed by atoms with Crippen LogP contribution < -0.4 is 10.6 Å². The van der Waals surface area contributed by atoms with Crippen LogP contribution in [0.25, 0.3) is 0 Å². The van der Waals surface area contributed by atoms with Gasteiger partial charge in [0.15, 0.2) is 5.96 Å². The van der Waals surface area contributed by atoms with E-state index in [4.69, 9.17) is 0 Å². The highest BCUT2D eigenvalue weighted by atomic mass is 32.2. The van der Waals surface area contributed by atoms with Crippen LogP contribution in [-0.2, 0) is 0 Å². The summed E-state index contributed by atoms with van der Waals surface area (Å²) in [5.41, 5.74) is 0. The van der Waals surface area contributed by atoms with Gasteiger partial charge in [-0.05, 0) is 43.4 Å². The maximum Gasteiger partial charge on any atom is 0.390 e. The molecule has 1 aromatic carbocycles. The van der Waals surface area contributed by atoms with Crippen molar-refractivity contribution in [2.24, 2.45) is 4.99 Å². The zero-order valence-corrected chi connectivity index (χ0v) is 13.7. The maximum absolute atomic E-state index is 12.8. The van der Waals surface area contributed by atoms with Gasteiger partial charge in [0.25, 0.3) is 0 Å². The van der Waals surface area contributed by atoms with E-state index < -0.39 is 12.6 Å². The summed E-state index contributed by atoms with van der Waals surface area (Å²) in [6.45, 7) is 2.75. The molecule has 23 heavy (non-hydrogen) atoms. The molecule has 0 aliphatic rings. The number of guanidine groups is 1. The summed E-state index contributed by atoms with van der Waals surface area (Å²) in [6.07, 6.45) is -4.29. The Balaban J connectivity index is 2.26. The standard InChI is InChI=1S/C15H21F4N3S/c1-2-20-14(22-10-8-15(17,18)19)21-9-3-11-23-13-6-4-12(16)5-7-13/h4-7H,2-3,8-11H2,1H3,(H2,20,21,22). The molecule has 0 radical (unpaired) electrons. The lowest BCUT2D eigenvalue weighted by atomic mass is 10.4. The number of thioether (sulfide) groups is 1. The van der Waals surface area contributed by atoms with Crippen LogP contribution in [0.5, 0.6) is 0 Å². The van der Waals surface area contributed by atoms with E-state index in [0.717, 1.165) is 17.1 Å². The fourth-order valence-electron chi connectivity index (χ4n) is 1.64. The first kappa shape index (κ1) is 19.6. The molecule has 2 N–H and O–H groups in total. The summed E-state index contributed by atoms with van der Waals surface area (Å²) in [7, 11) is 0. The Bertz CT molecular complexity index is 475. The molecule has 1 rings (SSSR count). The number of aliphatic imine (C=N–C) groups is 1. The number of hydrogen-bond acceptors (Lipinski definition) is 2. The number of hydrogen-bond donors (Lipinski definition) is 2. The first-order valence-corrected chi connectivity index (χ1v) is 8.36. The molecule has 0 amide bonds. The minimum absolute atomic E-state index is 0.195. The van der Waals surface area contributed by atoms with Gasteiger partial charge in [0, 0.05) is 24.5 Å². The molecular formula is C15H21F4N3S. The highest BCUT2D eigenvalue weighted by Crippen LogP contribution is 2.19. The summed E-state index contributed by atoms with van der Waals surface area (Å²) in [5, 5.41) is 5.57. The van der Waals surface area contributed by atoms with E-state index in [1.165, 1.54) is 12.1 Å². The summed E-state index contributed by atoms with van der Waals surface area (Å²) in [6, 6.07) is 6.25. The molecule has 0 aromatic heterocycles. The highest BCUT2D eigenvalue weighted by molar-refractivity contribution is 7.99. The smallest absolute Gasteiger partial charge is 0.357 e. The van der Waals surface area contributed by atoms with Gasteiger partial charge in [0.2, 0.25) is 0 Å². The maximum atomic E-state index is 12.8. The lowest BCUT2D eigenvalue weighted by Gasteiger charge is -2.12. The van der Waals surface area contributed by atoms with Crippen LogP contribution in [0.2, 0.25) is 0 Å². The third-order valence-corrected chi connectivity index (χ3v) is 3.80. The van der Waals surface area contributed by atoms with Gasteiger partial charge in [-0.1, -0.05) is 0 Å². The van der Waals surface area contributed by atoms with Gasteiger partial charge in [-0.15, -0.1) is 11.8 Å². The summed E-state index contributed by atoms with van der Waals surface area (Å²) in [4.78, 5) is 5.21. The van der Waals surface area contributed by atoms with Gasteiger partial charge in [-0.2, -0.15) is 13.2 Å². The highest BCUT2D eigenvalue weighted by Gasteiger charge is 2.26. The van der Waals surface area contributed by atoms with Crippen molar-refractivity contribution in [2.75, 3.05) is 25.4 Å². The molecule has 0 bridgehead atoms. The first-order valence-electron chi connectivity index (χ1n) is 7.38. The van der Waals surface area contributed by atoms with E-state index in [0.29, 0.717) is 19.0 Å². The second-order valence-corrected chi connectivity index (χ2v) is 5.88. The normalized spacial score (nSPS) is 12.3. The van der Waals surface area contributed by atoms with Crippen LogP contribution in [0.3, 0.4) is 0 Å². The SMILES string of the molecule is CCNC(=NCCCSc1ccc(F)cc1)NCCC(F)(F)F. The van der Waals surface area contributed by atoms with Crippen molar-refractivity contribution in [1.82, 2.24) is 10.6 Å². The molecule has 0 saturated heterocycles. The Morgan fingerprint density at radius 3 is 2.48 bits per heavy atom. The van der Waals surface area contributed by atoms with Crippen molar-refractivity contribution < 1.29 is 17.6 Å². The number of alkyl halides is 3. The van der Waals surface area contributed by atoms with Gasteiger partial charge in [-0.25, -0.2) is 4.39 Å². The van der Waals surface area contributed by atoms with Crippen LogP contribution >= 0.6 is 11.8 Å². The lowest BCUT2D eigenvalue weighted by molar-refractivity contribution is -0.132. The molecule has 0 aliphatic heterocycles. The molecule has 1 aromatic rings. The van der Waals surface area contributed by atoms with Crippen LogP contribution in [0.4, 0.5) is 17.6 Å². The Morgan fingerprint density at radius 1 is 1.17 bits per heavy atom. The quantitative estimate of drug-likeness (QED) is 0.246. The molecule has 130 valence electrons. The number of nitrogens with one attached hydrogen (secondary N) is 2. The van der Waals surface area contributed by atoms with E-state index >= 15 is 0 Å². The number of halogens is 4. The number of nitrogens with zero attached hydrogens (tertiary/aromatic N) is 1. The third kappa shape index (κ3) is 10.0. The van der Waals surface area contributed by atoms with Crippen molar-refractivity contribution >= 4 is 17.7 Å². The summed E-state index contributed by atoms with van der Waals surface area (Å²) < 4.78 is 49.1. The van der Waals surface area contributed by atoms with E-state index in [1.807, 2.05) is 6.92 Å². The zero-order valence-electron chi connectivity index (χ0n) is 12.9. The van der Waals surface area contributed by atoms with Crippen molar-refractivity contribution in [3.05, 3.63) is 30.1 Å². The lowest BCUT2D eigenvalue weighted by Crippen LogP contribution is -2.39. The Hall–Kier alpha value is -1.44. The van der Waals surface area contributed by atoms with Gasteiger partial charge in [-0.3, -0.25) is 4.99 Å². The Kier molecular flexibility index (Phi) is 8.83. The zero-order chi connectivity index (χ0) is 17.1. The molecule has 0 aliphatic carbocycles. The molecule has 0 atom stereocenters. The molecule has 8 heteroatoms. The molecule has 0 heterocycles. The van der Waals surface area contributed by atoms with Crippen LogP contribution in [0.1, 0.15) is 19.8 Å². The second-order valence-electron chi connectivity index (χ2n) is 4.71. The Morgan fingerprint density at radius 2 is 1.87 bits per heavy atom. The summed E-state index contributed by atoms with van der Waals surface area (Å²) >= 11 is 1.59. The largest absolute Gasteiger partial charge is 0.390 e. The minimum Gasteiger partial charge on any atom is -0.357 e. The molecule has 0 fully saturated rings. The van der Waals surface area contributed by atoms with Gasteiger partial charge in [0.1, 0.15) is 5.82 Å². The fourth-order valence-corrected chi connectivity index (χ4v) is 2.48. The van der Waals surface area contributed by atoms with Crippen molar-refractivity contribution in [3.8, 4) is 0 Å². The van der Waals surface area contributed by atoms with Crippen LogP contribution in [-0.4, -0.2) is 37.5 Å². The topological polar surface area (TPSA) is 36.4 Å². The molecule has 0 spiro atoms. The Labute approximate surface area is 137 Å². The second kappa shape index (κ2) is 10.4. The molecule has 3 nitrogen and oxygen atoms in total. The van der Waals surface area contributed by atoms with Crippen molar-refractivity contribution in [1.29, 1.82) is 0 Å². The minimum atomic E-state index is -4.17. The van der Waals surface area contributed by atoms with Gasteiger partial charge >= 0.3 is 6.18 Å². The summed E-state index contributed by atoms with van der Waals surface area (Å²) in [5.74, 6) is 0.930. The van der Waals surface area contributed by atoms with Gasteiger partial charge < -0.3 is 10.6 Å². The van der Waals surface area contributed by atoms with E-state index in [1.54, 1.807) is 23.9 Å². The number of rotatable bonds is 8. The number of benzene rings is 1. The average molecular weight is 351 g/mol. The van der Waals surface area contributed by atoms with Crippen LogP contribution in [0.15, 0.2) is 34.2 Å². The fraction of sp³-hybridized carbons (Fsp3) is 0.533. The predicted molar refractivity (Wildman–Crippen MR) is 86.4 cm³/mol.